The standard InChI is InChI=1S/C7H13NO/c1-5(2)7(9)6-3-8-4-6/h5-6,8H,3-4H2,1-2H3. The van der Waals surface area contributed by atoms with Gasteiger partial charge in [-0.15, -0.1) is 0 Å². The van der Waals surface area contributed by atoms with Crippen molar-refractivity contribution in [3.05, 3.63) is 0 Å². The Morgan fingerprint density at radius 3 is 2.22 bits per heavy atom. The van der Waals surface area contributed by atoms with E-state index >= 15 is 0 Å². The molecule has 0 saturated carbocycles. The third kappa shape index (κ3) is 1.30. The maximum absolute atomic E-state index is 11.1. The predicted molar refractivity (Wildman–Crippen MR) is 36.2 cm³/mol. The average Bonchev–Trinajstić information content (AvgIpc) is 1.60. The summed E-state index contributed by atoms with van der Waals surface area (Å²) < 4.78 is 0. The average molecular weight is 127 g/mol. The Kier molecular flexibility index (Phi) is 1.86. The van der Waals surface area contributed by atoms with Crippen LogP contribution in [0.2, 0.25) is 0 Å². The topological polar surface area (TPSA) is 29.1 Å². The van der Waals surface area contributed by atoms with Gasteiger partial charge in [0, 0.05) is 24.9 Å². The molecule has 1 aliphatic heterocycles. The first-order chi connectivity index (χ1) is 4.22. The van der Waals surface area contributed by atoms with Crippen LogP contribution < -0.4 is 5.32 Å². The number of hydrogen-bond donors (Lipinski definition) is 1. The molecule has 0 aliphatic carbocycles. The Labute approximate surface area is 55.6 Å². The van der Waals surface area contributed by atoms with E-state index in [4.69, 9.17) is 0 Å². The normalized spacial score (nSPS) is 19.9. The lowest BCUT2D eigenvalue weighted by Crippen LogP contribution is -2.47. The third-order valence-electron chi connectivity index (χ3n) is 1.75. The summed E-state index contributed by atoms with van der Waals surface area (Å²) in [6, 6.07) is 0. The SMILES string of the molecule is CC(C)C(=O)C1CNC1. The molecule has 0 aromatic carbocycles. The summed E-state index contributed by atoms with van der Waals surface area (Å²) in [4.78, 5) is 11.1. The zero-order valence-corrected chi connectivity index (χ0v) is 5.98. The highest BCUT2D eigenvalue weighted by atomic mass is 16.1. The first kappa shape index (κ1) is 6.75. The van der Waals surface area contributed by atoms with Crippen LogP contribution in [0.5, 0.6) is 0 Å². The minimum absolute atomic E-state index is 0.220. The number of carbonyl (C=O) groups excluding carboxylic acids is 1. The van der Waals surface area contributed by atoms with Gasteiger partial charge < -0.3 is 5.32 Å². The summed E-state index contributed by atoms with van der Waals surface area (Å²) in [7, 11) is 0. The molecular formula is C7H13NO. The zero-order valence-electron chi connectivity index (χ0n) is 5.98. The number of Topliss-reactive ketones (excluding diaryl/α,β-unsaturated/α-hetero) is 1. The van der Waals surface area contributed by atoms with Gasteiger partial charge >= 0.3 is 0 Å². The van der Waals surface area contributed by atoms with Crippen molar-refractivity contribution in [1.29, 1.82) is 0 Å². The van der Waals surface area contributed by atoms with E-state index < -0.39 is 0 Å². The molecule has 0 aromatic heterocycles. The first-order valence-electron chi connectivity index (χ1n) is 3.46. The van der Waals surface area contributed by atoms with Crippen LogP contribution in [0.3, 0.4) is 0 Å². The molecule has 1 N–H and O–H groups in total. The Morgan fingerprint density at radius 2 is 2.11 bits per heavy atom. The van der Waals surface area contributed by atoms with E-state index in [0.717, 1.165) is 13.1 Å². The number of carbonyl (C=O) groups is 1. The summed E-state index contributed by atoms with van der Waals surface area (Å²) in [5.41, 5.74) is 0. The van der Waals surface area contributed by atoms with Gasteiger partial charge in [-0.3, -0.25) is 4.79 Å². The monoisotopic (exact) mass is 127 g/mol. The molecule has 1 heterocycles. The molecule has 1 fully saturated rings. The lowest BCUT2D eigenvalue weighted by atomic mass is 9.91. The summed E-state index contributed by atoms with van der Waals surface area (Å²) in [6.45, 7) is 5.72. The van der Waals surface area contributed by atoms with Gasteiger partial charge in [-0.1, -0.05) is 13.8 Å². The number of hydrogen-bond acceptors (Lipinski definition) is 2. The highest BCUT2D eigenvalue weighted by Gasteiger charge is 2.26. The highest BCUT2D eigenvalue weighted by molar-refractivity contribution is 5.83. The Hall–Kier alpha value is -0.370. The van der Waals surface area contributed by atoms with Crippen LogP contribution >= 0.6 is 0 Å². The van der Waals surface area contributed by atoms with Crippen molar-refractivity contribution in [2.75, 3.05) is 13.1 Å². The summed E-state index contributed by atoms with van der Waals surface area (Å²) >= 11 is 0. The highest BCUT2D eigenvalue weighted by Crippen LogP contribution is 2.10. The van der Waals surface area contributed by atoms with Gasteiger partial charge in [-0.05, 0) is 0 Å². The fourth-order valence-electron chi connectivity index (χ4n) is 0.961. The molecule has 0 radical (unpaired) electrons. The minimum Gasteiger partial charge on any atom is -0.315 e. The van der Waals surface area contributed by atoms with E-state index in [2.05, 4.69) is 5.32 Å². The molecule has 0 bridgehead atoms. The molecule has 2 nitrogen and oxygen atoms in total. The van der Waals surface area contributed by atoms with Crippen molar-refractivity contribution < 1.29 is 4.79 Å². The van der Waals surface area contributed by atoms with Crippen LogP contribution in [0, 0.1) is 11.8 Å². The van der Waals surface area contributed by atoms with Gasteiger partial charge in [0.1, 0.15) is 5.78 Å². The van der Waals surface area contributed by atoms with Crippen LogP contribution in [0.4, 0.5) is 0 Å². The summed E-state index contributed by atoms with van der Waals surface area (Å²) in [5, 5.41) is 3.08. The zero-order chi connectivity index (χ0) is 6.85. The quantitative estimate of drug-likeness (QED) is 0.583. The largest absolute Gasteiger partial charge is 0.315 e. The second-order valence-corrected chi connectivity index (χ2v) is 2.91. The maximum atomic E-state index is 11.1. The van der Waals surface area contributed by atoms with Crippen LogP contribution in [0.1, 0.15) is 13.8 Å². The number of ketones is 1. The number of rotatable bonds is 2. The van der Waals surface area contributed by atoms with Crippen molar-refractivity contribution in [3.63, 3.8) is 0 Å². The Balaban J connectivity index is 2.32. The molecule has 0 unspecified atom stereocenters. The molecule has 0 aromatic rings. The van der Waals surface area contributed by atoms with E-state index in [1.54, 1.807) is 0 Å². The van der Waals surface area contributed by atoms with Crippen LogP contribution in [-0.4, -0.2) is 18.9 Å². The Bertz CT molecular complexity index is 116. The second-order valence-electron chi connectivity index (χ2n) is 2.91. The van der Waals surface area contributed by atoms with Crippen LogP contribution in [0.15, 0.2) is 0 Å². The molecule has 0 amide bonds. The molecule has 1 saturated heterocycles. The van der Waals surface area contributed by atoms with Crippen molar-refractivity contribution >= 4 is 5.78 Å². The molecule has 1 aliphatic rings. The second kappa shape index (κ2) is 2.48. The van der Waals surface area contributed by atoms with E-state index in [-0.39, 0.29) is 5.92 Å². The molecule has 2 heteroatoms. The molecule has 52 valence electrons. The number of nitrogens with one attached hydrogen (secondary N) is 1. The summed E-state index contributed by atoms with van der Waals surface area (Å²) in [6.07, 6.45) is 0. The van der Waals surface area contributed by atoms with Crippen LogP contribution in [-0.2, 0) is 4.79 Å². The first-order valence-corrected chi connectivity index (χ1v) is 3.46. The van der Waals surface area contributed by atoms with Gasteiger partial charge in [0.2, 0.25) is 0 Å². The van der Waals surface area contributed by atoms with E-state index in [0.29, 0.717) is 11.7 Å². The van der Waals surface area contributed by atoms with Gasteiger partial charge in [-0.2, -0.15) is 0 Å². The van der Waals surface area contributed by atoms with Crippen molar-refractivity contribution in [2.24, 2.45) is 11.8 Å². The van der Waals surface area contributed by atoms with Gasteiger partial charge in [-0.25, -0.2) is 0 Å². The minimum atomic E-state index is 0.220. The van der Waals surface area contributed by atoms with E-state index in [1.165, 1.54) is 0 Å². The molecule has 0 spiro atoms. The maximum Gasteiger partial charge on any atom is 0.141 e. The fourth-order valence-corrected chi connectivity index (χ4v) is 0.961. The molecular weight excluding hydrogens is 114 g/mol. The molecule has 1 rings (SSSR count). The van der Waals surface area contributed by atoms with Gasteiger partial charge in [0.05, 0.1) is 0 Å². The van der Waals surface area contributed by atoms with Crippen molar-refractivity contribution in [1.82, 2.24) is 5.32 Å². The lowest BCUT2D eigenvalue weighted by molar-refractivity contribution is -0.127. The van der Waals surface area contributed by atoms with Crippen molar-refractivity contribution in [3.8, 4) is 0 Å². The lowest BCUT2D eigenvalue weighted by Gasteiger charge is -2.26. The van der Waals surface area contributed by atoms with Crippen LogP contribution in [0.25, 0.3) is 0 Å². The van der Waals surface area contributed by atoms with E-state index in [9.17, 15) is 4.79 Å². The third-order valence-corrected chi connectivity index (χ3v) is 1.75. The van der Waals surface area contributed by atoms with Crippen molar-refractivity contribution in [2.45, 2.75) is 13.8 Å². The summed E-state index contributed by atoms with van der Waals surface area (Å²) in [5.74, 6) is 0.954. The van der Waals surface area contributed by atoms with Gasteiger partial charge in [0.25, 0.3) is 0 Å². The fraction of sp³-hybridized carbons (Fsp3) is 0.857. The predicted octanol–water partition coefficient (Wildman–Crippen LogP) is 0.431. The van der Waals surface area contributed by atoms with E-state index in [1.807, 2.05) is 13.8 Å². The molecule has 0 atom stereocenters. The van der Waals surface area contributed by atoms with Gasteiger partial charge in [0.15, 0.2) is 0 Å². The smallest absolute Gasteiger partial charge is 0.141 e. The molecule has 9 heavy (non-hydrogen) atoms. The Morgan fingerprint density at radius 1 is 1.56 bits per heavy atom.